The lowest BCUT2D eigenvalue weighted by molar-refractivity contribution is 0.233. The number of benzene rings is 1. The lowest BCUT2D eigenvalue weighted by Gasteiger charge is -2.32. The molecule has 3 heteroatoms. The fourth-order valence-corrected chi connectivity index (χ4v) is 3.91. The van der Waals surface area contributed by atoms with Gasteiger partial charge in [0.25, 0.3) is 0 Å². The zero-order valence-corrected chi connectivity index (χ0v) is 10.2. The fourth-order valence-electron chi connectivity index (χ4n) is 2.80. The molecule has 0 radical (unpaired) electrons. The molecule has 2 unspecified atom stereocenters. The zero-order valence-electron chi connectivity index (χ0n) is 9.43. The second-order valence-corrected chi connectivity index (χ2v) is 5.87. The van der Waals surface area contributed by atoms with Crippen LogP contribution in [-0.4, -0.2) is 29.8 Å². The van der Waals surface area contributed by atoms with E-state index in [-0.39, 0.29) is 0 Å². The molecule has 2 atom stereocenters. The maximum absolute atomic E-state index is 6.00. The molecule has 2 aliphatic rings. The van der Waals surface area contributed by atoms with Crippen LogP contribution in [0.2, 0.25) is 0 Å². The average Bonchev–Trinajstić information content (AvgIpc) is 2.75. The van der Waals surface area contributed by atoms with Crippen molar-refractivity contribution in [2.45, 2.75) is 29.8 Å². The number of hydrogen-bond acceptors (Lipinski definition) is 3. The van der Waals surface area contributed by atoms with Crippen LogP contribution in [0.4, 0.5) is 0 Å². The molecule has 2 heterocycles. The highest BCUT2D eigenvalue weighted by molar-refractivity contribution is 7.99. The van der Waals surface area contributed by atoms with Gasteiger partial charge in [0.1, 0.15) is 0 Å². The number of rotatable bonds is 1. The predicted octanol–water partition coefficient (Wildman–Crippen LogP) is 2.26. The largest absolute Gasteiger partial charge is 0.326 e. The molecule has 0 spiro atoms. The van der Waals surface area contributed by atoms with Crippen LogP contribution in [0.15, 0.2) is 29.2 Å². The maximum Gasteiger partial charge on any atom is 0.0367 e. The van der Waals surface area contributed by atoms with Crippen molar-refractivity contribution in [3.8, 4) is 0 Å². The van der Waals surface area contributed by atoms with Crippen LogP contribution in [0.5, 0.6) is 0 Å². The van der Waals surface area contributed by atoms with Crippen molar-refractivity contribution in [2.75, 3.05) is 18.8 Å². The molecule has 1 saturated heterocycles. The van der Waals surface area contributed by atoms with Crippen molar-refractivity contribution in [3.05, 3.63) is 29.8 Å². The first-order valence-electron chi connectivity index (χ1n) is 6.06. The minimum atomic E-state index is 0.391. The Kier molecular flexibility index (Phi) is 2.92. The zero-order chi connectivity index (χ0) is 11.0. The van der Waals surface area contributed by atoms with Crippen LogP contribution >= 0.6 is 11.8 Å². The molecule has 2 nitrogen and oxygen atoms in total. The van der Waals surface area contributed by atoms with Gasteiger partial charge in [-0.3, -0.25) is 4.90 Å². The van der Waals surface area contributed by atoms with Gasteiger partial charge in [0.05, 0.1) is 0 Å². The molecule has 16 heavy (non-hydrogen) atoms. The van der Waals surface area contributed by atoms with Gasteiger partial charge in [0, 0.05) is 30.1 Å². The van der Waals surface area contributed by atoms with Gasteiger partial charge < -0.3 is 5.73 Å². The highest BCUT2D eigenvalue weighted by Crippen LogP contribution is 2.40. The Labute approximate surface area is 101 Å². The van der Waals surface area contributed by atoms with Gasteiger partial charge in [-0.25, -0.2) is 0 Å². The third-order valence-corrected chi connectivity index (χ3v) is 4.75. The Balaban J connectivity index is 1.87. The molecule has 3 rings (SSSR count). The van der Waals surface area contributed by atoms with Gasteiger partial charge in [-0.05, 0) is 30.2 Å². The van der Waals surface area contributed by atoms with Gasteiger partial charge in [0.15, 0.2) is 0 Å². The summed E-state index contributed by atoms with van der Waals surface area (Å²) < 4.78 is 0. The van der Waals surface area contributed by atoms with Crippen molar-refractivity contribution < 1.29 is 0 Å². The quantitative estimate of drug-likeness (QED) is 0.808. The number of fused-ring (bicyclic) bond motifs is 1. The Morgan fingerprint density at radius 2 is 2.12 bits per heavy atom. The van der Waals surface area contributed by atoms with Gasteiger partial charge in [0.2, 0.25) is 0 Å². The molecule has 1 aromatic rings. The van der Waals surface area contributed by atoms with Gasteiger partial charge in [-0.15, -0.1) is 11.8 Å². The first-order chi connectivity index (χ1) is 7.84. The van der Waals surface area contributed by atoms with Gasteiger partial charge in [-0.2, -0.15) is 0 Å². The summed E-state index contributed by atoms with van der Waals surface area (Å²) in [5.74, 6) is 1.24. The van der Waals surface area contributed by atoms with Crippen LogP contribution in [0.1, 0.15) is 24.4 Å². The van der Waals surface area contributed by atoms with Crippen LogP contribution in [0.3, 0.4) is 0 Å². The molecule has 0 amide bonds. The summed E-state index contributed by atoms with van der Waals surface area (Å²) >= 11 is 1.99. The van der Waals surface area contributed by atoms with Crippen LogP contribution in [-0.2, 0) is 0 Å². The summed E-state index contributed by atoms with van der Waals surface area (Å²) in [5, 5.41) is 0. The summed E-state index contributed by atoms with van der Waals surface area (Å²) in [7, 11) is 0. The smallest absolute Gasteiger partial charge is 0.0367 e. The summed E-state index contributed by atoms with van der Waals surface area (Å²) in [5.41, 5.74) is 7.53. The SMILES string of the molecule is NC1CCN(C2CCSc3ccccc32)C1. The van der Waals surface area contributed by atoms with E-state index in [0.717, 1.165) is 13.0 Å². The van der Waals surface area contributed by atoms with E-state index in [1.54, 1.807) is 0 Å². The van der Waals surface area contributed by atoms with Crippen LogP contribution in [0.25, 0.3) is 0 Å². The molecular formula is C13H18N2S. The van der Waals surface area contributed by atoms with Crippen molar-refractivity contribution >= 4 is 11.8 Å². The molecule has 86 valence electrons. The van der Waals surface area contributed by atoms with E-state index >= 15 is 0 Å². The standard InChI is InChI=1S/C13H18N2S/c14-10-5-7-15(9-10)12-6-8-16-13-4-2-1-3-11(12)13/h1-4,10,12H,5-9,14H2. The molecule has 1 aromatic carbocycles. The Morgan fingerprint density at radius 3 is 2.94 bits per heavy atom. The fraction of sp³-hybridized carbons (Fsp3) is 0.538. The van der Waals surface area contributed by atoms with Crippen molar-refractivity contribution in [1.29, 1.82) is 0 Å². The van der Waals surface area contributed by atoms with E-state index in [4.69, 9.17) is 5.73 Å². The minimum absolute atomic E-state index is 0.391. The molecule has 0 aromatic heterocycles. The third-order valence-electron chi connectivity index (χ3n) is 3.62. The Bertz CT molecular complexity index is 380. The van der Waals surface area contributed by atoms with E-state index in [1.165, 1.54) is 29.2 Å². The lowest BCUT2D eigenvalue weighted by atomic mass is 10.0. The molecule has 2 N–H and O–H groups in total. The summed E-state index contributed by atoms with van der Waals surface area (Å²) in [4.78, 5) is 4.04. The third kappa shape index (κ3) is 1.88. The Hall–Kier alpha value is -0.510. The average molecular weight is 234 g/mol. The summed E-state index contributed by atoms with van der Waals surface area (Å²) in [6, 6.07) is 9.85. The highest BCUT2D eigenvalue weighted by atomic mass is 32.2. The maximum atomic E-state index is 6.00. The lowest BCUT2D eigenvalue weighted by Crippen LogP contribution is -2.31. The first-order valence-corrected chi connectivity index (χ1v) is 7.04. The number of likely N-dealkylation sites (tertiary alicyclic amines) is 1. The second kappa shape index (κ2) is 4.40. The van der Waals surface area contributed by atoms with Crippen LogP contribution in [0, 0.1) is 0 Å². The number of nitrogens with two attached hydrogens (primary N) is 1. The monoisotopic (exact) mass is 234 g/mol. The van der Waals surface area contributed by atoms with Gasteiger partial charge in [-0.1, -0.05) is 18.2 Å². The highest BCUT2D eigenvalue weighted by Gasteiger charge is 2.30. The van der Waals surface area contributed by atoms with E-state index in [0.29, 0.717) is 12.1 Å². The van der Waals surface area contributed by atoms with E-state index < -0.39 is 0 Å². The second-order valence-electron chi connectivity index (χ2n) is 4.73. The topological polar surface area (TPSA) is 29.3 Å². The molecule has 2 aliphatic heterocycles. The first kappa shape index (κ1) is 10.6. The van der Waals surface area contributed by atoms with Crippen molar-refractivity contribution in [2.24, 2.45) is 5.73 Å². The van der Waals surface area contributed by atoms with E-state index in [9.17, 15) is 0 Å². The normalized spacial score (nSPS) is 30.3. The Morgan fingerprint density at radius 1 is 1.25 bits per heavy atom. The van der Waals surface area contributed by atoms with E-state index in [2.05, 4.69) is 29.2 Å². The number of thioether (sulfide) groups is 1. The molecule has 0 bridgehead atoms. The van der Waals surface area contributed by atoms with E-state index in [1.807, 2.05) is 11.8 Å². The van der Waals surface area contributed by atoms with Gasteiger partial charge >= 0.3 is 0 Å². The summed E-state index contributed by atoms with van der Waals surface area (Å²) in [6.45, 7) is 2.24. The number of hydrogen-bond donors (Lipinski definition) is 1. The van der Waals surface area contributed by atoms with Crippen molar-refractivity contribution in [3.63, 3.8) is 0 Å². The van der Waals surface area contributed by atoms with Crippen LogP contribution < -0.4 is 5.73 Å². The van der Waals surface area contributed by atoms with Crippen molar-refractivity contribution in [1.82, 2.24) is 4.90 Å². The molecular weight excluding hydrogens is 216 g/mol. The number of nitrogens with zero attached hydrogens (tertiary/aromatic N) is 1. The predicted molar refractivity (Wildman–Crippen MR) is 68.7 cm³/mol. The minimum Gasteiger partial charge on any atom is -0.326 e. The molecule has 1 fully saturated rings. The summed E-state index contributed by atoms with van der Waals surface area (Å²) in [6.07, 6.45) is 2.43. The molecule has 0 saturated carbocycles. The molecule has 0 aliphatic carbocycles.